The summed E-state index contributed by atoms with van der Waals surface area (Å²) in [5.41, 5.74) is 0. The van der Waals surface area contributed by atoms with Crippen LogP contribution >= 0.6 is 0 Å². The van der Waals surface area contributed by atoms with Gasteiger partial charge in [0.1, 0.15) is 73.2 Å². The third-order valence-corrected chi connectivity index (χ3v) is 15.7. The van der Waals surface area contributed by atoms with Crippen molar-refractivity contribution >= 4 is 5.91 Å². The van der Waals surface area contributed by atoms with Crippen molar-refractivity contribution in [1.82, 2.24) is 5.32 Å². The molecule has 0 aliphatic carbocycles. The molecule has 0 spiro atoms. The highest BCUT2D eigenvalue weighted by Crippen LogP contribution is 2.33. The van der Waals surface area contributed by atoms with E-state index in [0.29, 0.717) is 12.8 Å². The predicted molar refractivity (Wildman–Crippen MR) is 305 cm³/mol. The van der Waals surface area contributed by atoms with Gasteiger partial charge < -0.3 is 89.9 Å². The van der Waals surface area contributed by atoms with Crippen LogP contribution in [0.1, 0.15) is 213 Å². The largest absolute Gasteiger partial charge is 0.394 e. The fourth-order valence-electron chi connectivity index (χ4n) is 10.5. The number of nitrogens with one attached hydrogen (secondary N) is 1. The summed E-state index contributed by atoms with van der Waals surface area (Å²) in [7, 11) is 0. The van der Waals surface area contributed by atoms with E-state index >= 15 is 0 Å². The second-order valence-corrected chi connectivity index (χ2v) is 22.5. The summed E-state index contributed by atoms with van der Waals surface area (Å²) in [5, 5.41) is 120. The zero-order chi connectivity index (χ0) is 58.3. The van der Waals surface area contributed by atoms with Gasteiger partial charge in [-0.3, -0.25) is 4.79 Å². The molecule has 19 heteroatoms. The first-order chi connectivity index (χ1) is 38.8. The maximum Gasteiger partial charge on any atom is 0.220 e. The number of carbonyl (C=O) groups is 1. The quantitative estimate of drug-likeness (QED) is 0.0242. The number of unbranched alkanes of at least 4 members (excludes halogenated alkanes) is 26. The van der Waals surface area contributed by atoms with Gasteiger partial charge in [-0.05, 0) is 44.9 Å². The Hall–Kier alpha value is -1.99. The number of ether oxygens (including phenoxy) is 6. The second-order valence-electron chi connectivity index (χ2n) is 22.5. The highest BCUT2D eigenvalue weighted by Gasteiger charge is 2.53. The monoisotopic (exact) mass is 1150 g/mol. The molecule has 0 aromatic carbocycles. The Morgan fingerprint density at radius 2 is 0.800 bits per heavy atom. The molecule has 3 aliphatic rings. The highest BCUT2D eigenvalue weighted by molar-refractivity contribution is 5.76. The molecule has 17 atom stereocenters. The molecule has 19 nitrogen and oxygen atoms in total. The van der Waals surface area contributed by atoms with Crippen molar-refractivity contribution in [2.45, 2.75) is 317 Å². The minimum atomic E-state index is -1.98. The second kappa shape index (κ2) is 44.5. The molecular weight excluding hydrogens is 1030 g/mol. The molecule has 3 saturated heterocycles. The van der Waals surface area contributed by atoms with Gasteiger partial charge in [0.25, 0.3) is 0 Å². The van der Waals surface area contributed by atoms with Gasteiger partial charge in [-0.2, -0.15) is 0 Å². The van der Waals surface area contributed by atoms with Crippen molar-refractivity contribution in [2.75, 3.05) is 26.4 Å². The zero-order valence-electron chi connectivity index (χ0n) is 48.8. The van der Waals surface area contributed by atoms with Crippen molar-refractivity contribution in [1.29, 1.82) is 0 Å². The van der Waals surface area contributed by atoms with E-state index in [4.69, 9.17) is 28.4 Å². The molecule has 1 amide bonds. The molecule has 468 valence electrons. The van der Waals surface area contributed by atoms with E-state index in [-0.39, 0.29) is 18.9 Å². The van der Waals surface area contributed by atoms with Crippen molar-refractivity contribution in [2.24, 2.45) is 0 Å². The van der Waals surface area contributed by atoms with E-state index in [1.165, 1.54) is 122 Å². The standard InChI is InChI=1S/C61H111NO18/c1-3-5-7-9-11-12-13-14-15-16-17-18-19-20-21-22-23-24-25-26-27-28-29-30-31-33-34-36-38-45(66)44(62-49(67)39-37-35-32-10-8-6-4-2)43-75-59-55(73)52(70)57(47(41-64)77-59)80-61-56(74)53(71)58(48(42-65)78-61)79-60-54(72)51(69)50(68)46(40-63)76-60/h26-27,30-31,36,38,44-48,50-61,63-66,68-74H,3-25,28-29,32-35,37,39-43H2,1-2H3,(H,62,67)/b27-26+,31-30+,38-36+. The summed E-state index contributed by atoms with van der Waals surface area (Å²) in [5.74, 6) is -0.297. The van der Waals surface area contributed by atoms with Gasteiger partial charge in [-0.15, -0.1) is 0 Å². The maximum absolute atomic E-state index is 13.2. The molecule has 3 heterocycles. The van der Waals surface area contributed by atoms with Crippen LogP contribution in [0.25, 0.3) is 0 Å². The highest BCUT2D eigenvalue weighted by atomic mass is 16.8. The summed E-state index contributed by atoms with van der Waals surface area (Å²) < 4.78 is 34.1. The predicted octanol–water partition coefficient (Wildman–Crippen LogP) is 6.10. The van der Waals surface area contributed by atoms with Crippen LogP contribution in [-0.2, 0) is 33.2 Å². The molecule has 0 radical (unpaired) electrons. The molecule has 3 fully saturated rings. The molecule has 0 bridgehead atoms. The Kier molecular flexibility index (Phi) is 40.2. The van der Waals surface area contributed by atoms with Crippen LogP contribution in [-0.4, -0.2) is 193 Å². The van der Waals surface area contributed by atoms with Gasteiger partial charge in [0.2, 0.25) is 5.91 Å². The van der Waals surface area contributed by atoms with Crippen LogP contribution in [0.15, 0.2) is 36.5 Å². The van der Waals surface area contributed by atoms with E-state index in [1.807, 2.05) is 6.08 Å². The van der Waals surface area contributed by atoms with Crippen molar-refractivity contribution in [3.8, 4) is 0 Å². The van der Waals surface area contributed by atoms with Gasteiger partial charge in [0, 0.05) is 6.42 Å². The Balaban J connectivity index is 1.41. The molecule has 0 aromatic heterocycles. The molecule has 0 saturated carbocycles. The van der Waals surface area contributed by atoms with Crippen molar-refractivity contribution in [3.05, 3.63) is 36.5 Å². The average Bonchev–Trinajstić information content (AvgIpc) is 3.55. The van der Waals surface area contributed by atoms with Crippen LogP contribution in [0.3, 0.4) is 0 Å². The topological polar surface area (TPSA) is 307 Å². The van der Waals surface area contributed by atoms with Gasteiger partial charge in [0.05, 0.1) is 38.6 Å². The first-order valence-electron chi connectivity index (χ1n) is 31.2. The van der Waals surface area contributed by atoms with Gasteiger partial charge in [-0.25, -0.2) is 0 Å². The molecule has 3 aliphatic heterocycles. The Labute approximate surface area is 479 Å². The number of aliphatic hydroxyl groups is 11. The molecular formula is C61H111NO18. The fourth-order valence-corrected chi connectivity index (χ4v) is 10.5. The van der Waals surface area contributed by atoms with Crippen LogP contribution in [0.4, 0.5) is 0 Å². The third-order valence-electron chi connectivity index (χ3n) is 15.7. The van der Waals surface area contributed by atoms with Gasteiger partial charge in [0.15, 0.2) is 18.9 Å². The minimum Gasteiger partial charge on any atom is -0.394 e. The molecule has 0 aromatic rings. The van der Waals surface area contributed by atoms with Crippen LogP contribution in [0.5, 0.6) is 0 Å². The van der Waals surface area contributed by atoms with Gasteiger partial charge >= 0.3 is 0 Å². The summed E-state index contributed by atoms with van der Waals surface area (Å²) in [6.45, 7) is 1.63. The Bertz CT molecular complexity index is 1600. The first kappa shape index (κ1) is 72.3. The molecule has 80 heavy (non-hydrogen) atoms. The lowest BCUT2D eigenvalue weighted by Gasteiger charge is -2.48. The third kappa shape index (κ3) is 27.8. The van der Waals surface area contributed by atoms with E-state index in [0.717, 1.165) is 57.8 Å². The lowest BCUT2D eigenvalue weighted by Crippen LogP contribution is -2.66. The summed E-state index contributed by atoms with van der Waals surface area (Å²) >= 11 is 0. The summed E-state index contributed by atoms with van der Waals surface area (Å²) in [4.78, 5) is 13.2. The Morgan fingerprint density at radius 1 is 0.438 bits per heavy atom. The SMILES string of the molecule is CCCCCCCCCCCCCCCCCCCC/C=C/CC/C=C/CC/C=C/C(O)C(COC1OC(CO)C(OC2OC(CO)C(OC3OC(CO)C(O)C(O)C3O)C(O)C2O)C(O)C1O)NC(=O)CCCCCCCCC. The minimum absolute atomic E-state index is 0.231. The van der Waals surface area contributed by atoms with E-state index in [2.05, 4.69) is 43.5 Å². The van der Waals surface area contributed by atoms with Crippen LogP contribution in [0.2, 0.25) is 0 Å². The Morgan fingerprint density at radius 3 is 1.25 bits per heavy atom. The molecule has 3 rings (SSSR count). The zero-order valence-corrected chi connectivity index (χ0v) is 48.8. The number of allylic oxidation sites excluding steroid dienone is 5. The number of carbonyl (C=O) groups excluding carboxylic acids is 1. The van der Waals surface area contributed by atoms with Crippen LogP contribution in [0, 0.1) is 0 Å². The average molecular weight is 1150 g/mol. The normalized spacial score (nSPS) is 30.2. The number of rotatable bonds is 46. The van der Waals surface area contributed by atoms with Gasteiger partial charge in [-0.1, -0.05) is 198 Å². The lowest BCUT2D eigenvalue weighted by atomic mass is 9.96. The summed E-state index contributed by atoms with van der Waals surface area (Å²) in [6, 6.07) is -0.991. The number of aliphatic hydroxyl groups excluding tert-OH is 11. The molecule has 12 N–H and O–H groups in total. The van der Waals surface area contributed by atoms with E-state index in [9.17, 15) is 61.0 Å². The summed E-state index contributed by atoms with van der Waals surface area (Å²) in [6.07, 6.45) is 21.9. The smallest absolute Gasteiger partial charge is 0.220 e. The first-order valence-corrected chi connectivity index (χ1v) is 31.2. The number of hydrogen-bond donors (Lipinski definition) is 12. The van der Waals surface area contributed by atoms with E-state index < -0.39 is 124 Å². The fraction of sp³-hybridized carbons (Fsp3) is 0.885. The lowest BCUT2D eigenvalue weighted by molar-refractivity contribution is -0.379. The van der Waals surface area contributed by atoms with Crippen molar-refractivity contribution in [3.63, 3.8) is 0 Å². The number of hydrogen-bond acceptors (Lipinski definition) is 18. The van der Waals surface area contributed by atoms with E-state index in [1.54, 1.807) is 6.08 Å². The van der Waals surface area contributed by atoms with Crippen LogP contribution < -0.4 is 5.32 Å². The molecule has 17 unspecified atom stereocenters. The maximum atomic E-state index is 13.2. The van der Waals surface area contributed by atoms with Crippen molar-refractivity contribution < 1.29 is 89.4 Å². The number of amides is 1.